The van der Waals surface area contributed by atoms with Crippen molar-refractivity contribution in [2.45, 2.75) is 142 Å². The maximum absolute atomic E-state index is 13.3. The lowest BCUT2D eigenvalue weighted by Crippen LogP contribution is -2.15. The topological polar surface area (TPSA) is 130 Å². The molecule has 0 aliphatic heterocycles. The first kappa shape index (κ1) is 54.3. The molecule has 0 radical (unpaired) electrons. The fraction of sp³-hybridized carbons (Fsp3) is 0.433. The Balaban J connectivity index is 1.00. The van der Waals surface area contributed by atoms with E-state index in [4.69, 9.17) is 33.7 Å². The highest BCUT2D eigenvalue weighted by Gasteiger charge is 2.19. The molecule has 5 aromatic carbocycles. The molecule has 0 fully saturated rings. The predicted octanol–water partition coefficient (Wildman–Crippen LogP) is 15.1. The number of rotatable bonds is 33. The Morgan fingerprint density at radius 2 is 0.957 bits per heavy atom. The Labute approximate surface area is 416 Å². The zero-order valence-electron chi connectivity index (χ0n) is 41.7. The summed E-state index contributed by atoms with van der Waals surface area (Å²) in [6.45, 7) is 8.13. The molecule has 0 spiro atoms. The lowest BCUT2D eigenvalue weighted by molar-refractivity contribution is -0.134. The largest absolute Gasteiger partial charge is 0.494 e. The third-order valence-electron chi connectivity index (χ3n) is 12.0. The van der Waals surface area contributed by atoms with E-state index in [9.17, 15) is 14.4 Å². The van der Waals surface area contributed by atoms with Crippen molar-refractivity contribution in [1.82, 2.24) is 0 Å². The number of nitriles is 1. The standard InChI is InChI=1S/C60H73NO9/c1-4-6-8-10-11-16-42-67-55-38-39-56(57(44-55)70-58(62)21-15-12-17-40-65-53-34-30-50(31-35-53)48-24-22-47(45-61)23-25-48)60(64)68-43-19-13-18-41-66-54-36-32-51(33-37-54)49-26-28-52(29-27-49)59(63)69-46(3)20-14-9-7-5-2/h22-39,44,46H,4-21,40-43H2,1-3H3/t46-/m0/s1. The highest BCUT2D eigenvalue weighted by molar-refractivity contribution is 5.94. The van der Waals surface area contributed by atoms with Crippen LogP contribution in [0.15, 0.2) is 115 Å². The first-order chi connectivity index (χ1) is 34.3. The number of hydrogen-bond donors (Lipinski definition) is 0. The van der Waals surface area contributed by atoms with Crippen molar-refractivity contribution in [3.8, 4) is 51.3 Å². The average molecular weight is 952 g/mol. The molecule has 70 heavy (non-hydrogen) atoms. The van der Waals surface area contributed by atoms with E-state index in [1.165, 1.54) is 38.5 Å². The van der Waals surface area contributed by atoms with Gasteiger partial charge in [-0.1, -0.05) is 114 Å². The van der Waals surface area contributed by atoms with Crippen LogP contribution in [0.1, 0.15) is 163 Å². The van der Waals surface area contributed by atoms with Gasteiger partial charge >= 0.3 is 17.9 Å². The number of esters is 3. The van der Waals surface area contributed by atoms with Gasteiger partial charge in [0.2, 0.25) is 0 Å². The molecule has 0 N–H and O–H groups in total. The summed E-state index contributed by atoms with van der Waals surface area (Å²) >= 11 is 0. The Hall–Kier alpha value is -6.60. The van der Waals surface area contributed by atoms with Crippen molar-refractivity contribution in [3.63, 3.8) is 0 Å². The quantitative estimate of drug-likeness (QED) is 0.0228. The van der Waals surface area contributed by atoms with E-state index in [1.807, 2.05) is 91.9 Å². The Morgan fingerprint density at radius 3 is 1.53 bits per heavy atom. The van der Waals surface area contributed by atoms with Crippen LogP contribution < -0.4 is 18.9 Å². The van der Waals surface area contributed by atoms with Gasteiger partial charge in [0.1, 0.15) is 28.6 Å². The summed E-state index contributed by atoms with van der Waals surface area (Å²) in [7, 11) is 0. The van der Waals surface area contributed by atoms with Crippen LogP contribution in [0, 0.1) is 11.3 Å². The molecule has 0 aromatic heterocycles. The van der Waals surface area contributed by atoms with E-state index in [0.717, 1.165) is 91.5 Å². The van der Waals surface area contributed by atoms with Crippen molar-refractivity contribution in [2.24, 2.45) is 0 Å². The SMILES string of the molecule is CCCCCCCCOc1ccc(C(=O)OCCCCCOc2ccc(-c3ccc(C(=O)O[C@@H](C)CCCCCC)cc3)cc2)c(OC(=O)CCCCCOc2ccc(-c3ccc(C#N)cc3)cc2)c1. The van der Waals surface area contributed by atoms with Crippen LogP contribution in [0.2, 0.25) is 0 Å². The summed E-state index contributed by atoms with van der Waals surface area (Å²) in [5.74, 6) is 0.929. The molecule has 0 unspecified atom stereocenters. The highest BCUT2D eigenvalue weighted by Crippen LogP contribution is 2.28. The maximum atomic E-state index is 13.3. The monoisotopic (exact) mass is 952 g/mol. The summed E-state index contributed by atoms with van der Waals surface area (Å²) in [5, 5.41) is 9.05. The van der Waals surface area contributed by atoms with Gasteiger partial charge in [0.15, 0.2) is 0 Å². The van der Waals surface area contributed by atoms with E-state index in [0.29, 0.717) is 49.5 Å². The van der Waals surface area contributed by atoms with E-state index >= 15 is 0 Å². The van der Waals surface area contributed by atoms with Crippen molar-refractivity contribution in [1.29, 1.82) is 5.26 Å². The second-order valence-corrected chi connectivity index (χ2v) is 17.8. The average Bonchev–Trinajstić information content (AvgIpc) is 3.38. The summed E-state index contributed by atoms with van der Waals surface area (Å²) in [6, 6.07) is 37.8. The lowest BCUT2D eigenvalue weighted by Gasteiger charge is -2.13. The number of benzene rings is 5. The number of nitrogens with zero attached hydrogens (tertiary/aromatic N) is 1. The van der Waals surface area contributed by atoms with Crippen molar-refractivity contribution >= 4 is 17.9 Å². The number of unbranched alkanes of at least 4 members (excludes halogenated alkanes) is 12. The second kappa shape index (κ2) is 31.5. The third-order valence-corrected chi connectivity index (χ3v) is 12.0. The van der Waals surface area contributed by atoms with Gasteiger partial charge < -0.3 is 28.4 Å². The zero-order chi connectivity index (χ0) is 49.6. The highest BCUT2D eigenvalue weighted by atomic mass is 16.6. The van der Waals surface area contributed by atoms with Crippen LogP contribution in [0.3, 0.4) is 0 Å². The van der Waals surface area contributed by atoms with Gasteiger partial charge in [0.25, 0.3) is 0 Å². The predicted molar refractivity (Wildman–Crippen MR) is 277 cm³/mol. The van der Waals surface area contributed by atoms with Gasteiger partial charge in [0.05, 0.1) is 49.7 Å². The number of carbonyl (C=O) groups is 3. The zero-order valence-corrected chi connectivity index (χ0v) is 41.7. The van der Waals surface area contributed by atoms with E-state index in [2.05, 4.69) is 19.9 Å². The van der Waals surface area contributed by atoms with Crippen molar-refractivity contribution in [3.05, 3.63) is 132 Å². The molecule has 0 aliphatic rings. The Bertz CT molecular complexity index is 2330. The molecule has 10 heteroatoms. The lowest BCUT2D eigenvalue weighted by atomic mass is 10.0. The molecular weight excluding hydrogens is 879 g/mol. The van der Waals surface area contributed by atoms with Gasteiger partial charge in [-0.25, -0.2) is 9.59 Å². The molecule has 0 amide bonds. The summed E-state index contributed by atoms with van der Waals surface area (Å²) in [4.78, 5) is 39.0. The van der Waals surface area contributed by atoms with Gasteiger partial charge in [-0.2, -0.15) is 5.26 Å². The van der Waals surface area contributed by atoms with Gasteiger partial charge in [-0.05, 0) is 148 Å². The van der Waals surface area contributed by atoms with Crippen LogP contribution in [0.5, 0.6) is 23.0 Å². The minimum Gasteiger partial charge on any atom is -0.494 e. The molecular formula is C60H73NO9. The first-order valence-electron chi connectivity index (χ1n) is 25.7. The fourth-order valence-electron chi connectivity index (χ4n) is 7.83. The molecule has 5 rings (SSSR count). The molecule has 1 atom stereocenters. The molecule has 0 saturated heterocycles. The minimum atomic E-state index is -0.555. The summed E-state index contributed by atoms with van der Waals surface area (Å²) in [6.07, 6.45) is 16.8. The van der Waals surface area contributed by atoms with E-state index in [-0.39, 0.29) is 36.4 Å². The molecule has 0 bridgehead atoms. The second-order valence-electron chi connectivity index (χ2n) is 17.8. The fourth-order valence-corrected chi connectivity index (χ4v) is 7.83. The van der Waals surface area contributed by atoms with E-state index in [1.54, 1.807) is 30.3 Å². The molecule has 372 valence electrons. The Kier molecular flexibility index (Phi) is 24.5. The van der Waals surface area contributed by atoms with Crippen molar-refractivity contribution in [2.75, 3.05) is 26.4 Å². The van der Waals surface area contributed by atoms with Crippen LogP contribution >= 0.6 is 0 Å². The Morgan fingerprint density at radius 1 is 0.500 bits per heavy atom. The van der Waals surface area contributed by atoms with Gasteiger partial charge in [-0.3, -0.25) is 4.79 Å². The number of ether oxygens (including phenoxy) is 6. The normalized spacial score (nSPS) is 11.3. The van der Waals surface area contributed by atoms with Crippen molar-refractivity contribution < 1.29 is 42.8 Å². The maximum Gasteiger partial charge on any atom is 0.341 e. The molecule has 0 heterocycles. The number of hydrogen-bond acceptors (Lipinski definition) is 10. The molecule has 0 aliphatic carbocycles. The van der Waals surface area contributed by atoms with Crippen LogP contribution in [-0.2, 0) is 14.3 Å². The van der Waals surface area contributed by atoms with Gasteiger partial charge in [0, 0.05) is 12.5 Å². The molecule has 0 saturated carbocycles. The van der Waals surface area contributed by atoms with E-state index < -0.39 is 11.9 Å². The van der Waals surface area contributed by atoms with Crippen LogP contribution in [-0.4, -0.2) is 50.4 Å². The third kappa shape index (κ3) is 19.8. The smallest absolute Gasteiger partial charge is 0.341 e. The van der Waals surface area contributed by atoms with Gasteiger partial charge in [-0.15, -0.1) is 0 Å². The number of carbonyl (C=O) groups excluding carboxylic acids is 3. The van der Waals surface area contributed by atoms with Crippen LogP contribution in [0.4, 0.5) is 0 Å². The van der Waals surface area contributed by atoms with Crippen LogP contribution in [0.25, 0.3) is 22.3 Å². The minimum absolute atomic E-state index is 0.0992. The molecule has 10 nitrogen and oxygen atoms in total. The molecule has 5 aromatic rings. The first-order valence-corrected chi connectivity index (χ1v) is 25.7. The summed E-state index contributed by atoms with van der Waals surface area (Å²) in [5.41, 5.74) is 5.45. The summed E-state index contributed by atoms with van der Waals surface area (Å²) < 4.78 is 35.0.